The zero-order chi connectivity index (χ0) is 20.5. The molecular formula is C23H32N6O. The molecule has 0 aromatic carbocycles. The first kappa shape index (κ1) is 19.7. The van der Waals surface area contributed by atoms with Crippen molar-refractivity contribution >= 4 is 28.8 Å². The maximum Gasteiger partial charge on any atom is 0.139 e. The van der Waals surface area contributed by atoms with Crippen molar-refractivity contribution in [2.24, 2.45) is 16.8 Å². The van der Waals surface area contributed by atoms with E-state index in [4.69, 9.17) is 4.98 Å². The minimum Gasteiger partial charge on any atom is -0.378 e. The van der Waals surface area contributed by atoms with Gasteiger partial charge in [-0.3, -0.25) is 5.32 Å². The molecule has 30 heavy (non-hydrogen) atoms. The van der Waals surface area contributed by atoms with Gasteiger partial charge in [0.15, 0.2) is 0 Å². The van der Waals surface area contributed by atoms with Gasteiger partial charge in [-0.05, 0) is 69.6 Å². The summed E-state index contributed by atoms with van der Waals surface area (Å²) in [6.07, 6.45) is 12.2. The van der Waals surface area contributed by atoms with Crippen LogP contribution in [0.1, 0.15) is 56.8 Å². The van der Waals surface area contributed by atoms with Gasteiger partial charge in [0.25, 0.3) is 0 Å². The number of aliphatic hydroxyl groups excluding tert-OH is 1. The summed E-state index contributed by atoms with van der Waals surface area (Å²) in [5, 5.41) is 15.0. The van der Waals surface area contributed by atoms with Crippen LogP contribution in [-0.4, -0.2) is 50.7 Å². The van der Waals surface area contributed by atoms with Gasteiger partial charge in [0.1, 0.15) is 23.2 Å². The molecule has 3 N–H and O–H groups in total. The highest BCUT2D eigenvalue weighted by Gasteiger charge is 2.28. The minimum absolute atomic E-state index is 0.411. The molecule has 1 unspecified atom stereocenters. The van der Waals surface area contributed by atoms with Crippen molar-refractivity contribution in [1.82, 2.24) is 24.8 Å². The van der Waals surface area contributed by atoms with Gasteiger partial charge in [0, 0.05) is 37.1 Å². The number of nitrogens with zero attached hydrogens (tertiary/aromatic N) is 4. The van der Waals surface area contributed by atoms with Gasteiger partial charge in [-0.15, -0.1) is 0 Å². The third kappa shape index (κ3) is 4.01. The molecule has 2 aliphatic rings. The van der Waals surface area contributed by atoms with E-state index in [1.54, 1.807) is 0 Å². The highest BCUT2D eigenvalue weighted by atomic mass is 16.3. The van der Waals surface area contributed by atoms with Crippen LogP contribution in [0, 0.1) is 11.8 Å². The van der Waals surface area contributed by atoms with Crippen LogP contribution in [0.15, 0.2) is 23.5 Å². The molecule has 0 bridgehead atoms. The summed E-state index contributed by atoms with van der Waals surface area (Å²) in [6, 6.07) is 2.50. The van der Waals surface area contributed by atoms with Crippen molar-refractivity contribution in [3.05, 3.63) is 24.3 Å². The first-order chi connectivity index (χ1) is 14.7. The SMILES string of the molecule is C=NCCC1CCC(n2c(CC(O)NCC3CC3)nc3cnc4[nH]ccc4c32)CC1. The van der Waals surface area contributed by atoms with E-state index in [1.807, 2.05) is 12.4 Å². The number of imidazole rings is 1. The Morgan fingerprint density at radius 1 is 1.23 bits per heavy atom. The van der Waals surface area contributed by atoms with Gasteiger partial charge in [0.05, 0.1) is 11.7 Å². The third-order valence-corrected chi connectivity index (χ3v) is 6.90. The maximum atomic E-state index is 10.6. The number of pyridine rings is 1. The van der Waals surface area contributed by atoms with Crippen molar-refractivity contribution in [3.63, 3.8) is 0 Å². The molecule has 3 aromatic heterocycles. The van der Waals surface area contributed by atoms with Crippen LogP contribution in [0.25, 0.3) is 22.1 Å². The van der Waals surface area contributed by atoms with Crippen LogP contribution >= 0.6 is 0 Å². The fourth-order valence-corrected chi connectivity index (χ4v) is 5.01. The second kappa shape index (κ2) is 8.47. The molecule has 5 rings (SSSR count). The summed E-state index contributed by atoms with van der Waals surface area (Å²) in [5.74, 6) is 2.44. The lowest BCUT2D eigenvalue weighted by Crippen LogP contribution is -2.33. The lowest BCUT2D eigenvalue weighted by atomic mass is 9.84. The molecule has 2 fully saturated rings. The first-order valence-corrected chi connectivity index (χ1v) is 11.4. The normalized spacial score (nSPS) is 23.2. The number of aromatic amines is 1. The molecule has 1 atom stereocenters. The quantitative estimate of drug-likeness (QED) is 0.373. The predicted octanol–water partition coefficient (Wildman–Crippen LogP) is 3.60. The van der Waals surface area contributed by atoms with Crippen LogP contribution < -0.4 is 5.32 Å². The molecule has 2 aliphatic carbocycles. The van der Waals surface area contributed by atoms with Crippen molar-refractivity contribution in [2.45, 2.75) is 63.6 Å². The average molecular weight is 409 g/mol. The monoisotopic (exact) mass is 408 g/mol. The smallest absolute Gasteiger partial charge is 0.139 e. The van der Waals surface area contributed by atoms with E-state index in [9.17, 15) is 5.11 Å². The van der Waals surface area contributed by atoms with E-state index in [2.05, 4.69) is 37.6 Å². The zero-order valence-electron chi connectivity index (χ0n) is 17.6. The van der Waals surface area contributed by atoms with Crippen LogP contribution in [0.4, 0.5) is 0 Å². The van der Waals surface area contributed by atoms with E-state index >= 15 is 0 Å². The highest BCUT2D eigenvalue weighted by Crippen LogP contribution is 2.38. The third-order valence-electron chi connectivity index (χ3n) is 6.90. The first-order valence-electron chi connectivity index (χ1n) is 11.4. The second-order valence-electron chi connectivity index (χ2n) is 9.11. The van der Waals surface area contributed by atoms with Gasteiger partial charge in [-0.25, -0.2) is 9.97 Å². The Morgan fingerprint density at radius 2 is 2.03 bits per heavy atom. The van der Waals surface area contributed by atoms with E-state index in [1.165, 1.54) is 25.7 Å². The standard InChI is InChI=1S/C23H32N6O/c1-24-10-8-15-4-6-17(7-5-15)29-20(12-21(30)26-13-16-2-3-16)28-19-14-27-23-18(22(19)29)9-11-25-23/h9,11,14-17,21,26,30H,1-8,10,12-13H2,(H,25,27). The van der Waals surface area contributed by atoms with Crippen molar-refractivity contribution in [3.8, 4) is 0 Å². The van der Waals surface area contributed by atoms with E-state index in [0.29, 0.717) is 12.5 Å². The van der Waals surface area contributed by atoms with Crippen LogP contribution in [0.2, 0.25) is 0 Å². The molecule has 2 saturated carbocycles. The number of hydrogen-bond acceptors (Lipinski definition) is 5. The van der Waals surface area contributed by atoms with E-state index in [0.717, 1.165) is 72.1 Å². The molecule has 0 spiro atoms. The zero-order valence-corrected chi connectivity index (χ0v) is 17.6. The molecular weight excluding hydrogens is 376 g/mol. The largest absolute Gasteiger partial charge is 0.378 e. The Hall–Kier alpha value is -2.25. The van der Waals surface area contributed by atoms with E-state index in [-0.39, 0.29) is 0 Å². The van der Waals surface area contributed by atoms with Gasteiger partial charge in [0.2, 0.25) is 0 Å². The van der Waals surface area contributed by atoms with Crippen LogP contribution in [-0.2, 0) is 6.42 Å². The summed E-state index contributed by atoms with van der Waals surface area (Å²) >= 11 is 0. The number of nitrogens with one attached hydrogen (secondary N) is 2. The Labute approximate surface area is 177 Å². The predicted molar refractivity (Wildman–Crippen MR) is 120 cm³/mol. The summed E-state index contributed by atoms with van der Waals surface area (Å²) in [4.78, 5) is 16.7. The van der Waals surface area contributed by atoms with Crippen molar-refractivity contribution in [2.75, 3.05) is 13.1 Å². The van der Waals surface area contributed by atoms with Crippen molar-refractivity contribution in [1.29, 1.82) is 0 Å². The Kier molecular flexibility index (Phi) is 5.56. The van der Waals surface area contributed by atoms with Gasteiger partial charge >= 0.3 is 0 Å². The molecule has 0 radical (unpaired) electrons. The second-order valence-corrected chi connectivity index (χ2v) is 9.11. The number of aliphatic hydroxyl groups is 1. The van der Waals surface area contributed by atoms with Crippen molar-refractivity contribution < 1.29 is 5.11 Å². The maximum absolute atomic E-state index is 10.6. The number of aromatic nitrogens is 4. The highest BCUT2D eigenvalue weighted by molar-refractivity contribution is 6.01. The van der Waals surface area contributed by atoms with Gasteiger partial charge < -0.3 is 19.7 Å². The molecule has 0 saturated heterocycles. The van der Waals surface area contributed by atoms with E-state index < -0.39 is 6.23 Å². The Bertz CT molecular complexity index is 1010. The fraction of sp³-hybridized carbons (Fsp3) is 0.609. The lowest BCUT2D eigenvalue weighted by Gasteiger charge is -2.31. The molecule has 7 nitrogen and oxygen atoms in total. The average Bonchev–Trinajstić information content (AvgIpc) is 3.34. The lowest BCUT2D eigenvalue weighted by molar-refractivity contribution is 0.131. The van der Waals surface area contributed by atoms with Gasteiger partial charge in [-0.1, -0.05) is 0 Å². The summed E-state index contributed by atoms with van der Waals surface area (Å²) in [7, 11) is 0. The molecule has 3 heterocycles. The minimum atomic E-state index is -0.564. The van der Waals surface area contributed by atoms with Gasteiger partial charge in [-0.2, -0.15) is 0 Å². The number of rotatable bonds is 9. The number of aliphatic imine (C=N–C) groups is 1. The molecule has 0 amide bonds. The summed E-state index contributed by atoms with van der Waals surface area (Å²) in [5.41, 5.74) is 2.97. The summed E-state index contributed by atoms with van der Waals surface area (Å²) < 4.78 is 2.41. The molecule has 0 aliphatic heterocycles. The Balaban J connectivity index is 1.44. The van der Waals surface area contributed by atoms with Crippen LogP contribution in [0.5, 0.6) is 0 Å². The molecule has 3 aromatic rings. The molecule has 160 valence electrons. The van der Waals surface area contributed by atoms with Crippen LogP contribution in [0.3, 0.4) is 0 Å². The fourth-order valence-electron chi connectivity index (χ4n) is 5.01. The number of fused-ring (bicyclic) bond motifs is 3. The number of H-pyrrole nitrogens is 1. The molecule has 7 heteroatoms. The Morgan fingerprint density at radius 3 is 2.80 bits per heavy atom. The number of hydrogen-bond donors (Lipinski definition) is 3. The topological polar surface area (TPSA) is 91.1 Å². The summed E-state index contributed by atoms with van der Waals surface area (Å²) in [6.45, 7) is 5.39.